The highest BCUT2D eigenvalue weighted by Gasteiger charge is 2.28. The fourth-order valence-corrected chi connectivity index (χ4v) is 3.85. The minimum atomic E-state index is -0.0176. The Morgan fingerprint density at radius 3 is 2.84 bits per heavy atom. The zero-order chi connectivity index (χ0) is 17.8. The molecule has 1 aliphatic heterocycles. The summed E-state index contributed by atoms with van der Waals surface area (Å²) in [6.07, 6.45) is 3.93. The SMILES string of the molecule is CC1CCCC(NC(=O)CCC(=O)N2CCOc3ccccc32)C1C. The van der Waals surface area contributed by atoms with Crippen LogP contribution in [0.5, 0.6) is 5.75 Å². The first-order valence-corrected chi connectivity index (χ1v) is 9.38. The number of ether oxygens (including phenoxy) is 1. The average molecular weight is 344 g/mol. The number of amides is 2. The molecule has 25 heavy (non-hydrogen) atoms. The number of hydrogen-bond donors (Lipinski definition) is 1. The highest BCUT2D eigenvalue weighted by atomic mass is 16.5. The molecule has 5 heteroatoms. The largest absolute Gasteiger partial charge is 0.490 e. The van der Waals surface area contributed by atoms with Crippen LogP contribution in [-0.2, 0) is 9.59 Å². The lowest BCUT2D eigenvalue weighted by Crippen LogP contribution is -2.44. The lowest BCUT2D eigenvalue weighted by Gasteiger charge is -2.34. The second kappa shape index (κ2) is 7.89. The van der Waals surface area contributed by atoms with Gasteiger partial charge in [-0.1, -0.05) is 38.8 Å². The molecule has 3 atom stereocenters. The lowest BCUT2D eigenvalue weighted by atomic mass is 9.78. The molecular weight excluding hydrogens is 316 g/mol. The number of carbonyl (C=O) groups excluding carboxylic acids is 2. The van der Waals surface area contributed by atoms with Crippen LogP contribution >= 0.6 is 0 Å². The Balaban J connectivity index is 1.52. The average Bonchev–Trinajstić information content (AvgIpc) is 2.63. The van der Waals surface area contributed by atoms with Gasteiger partial charge in [0.1, 0.15) is 12.4 Å². The minimum absolute atomic E-state index is 0.0131. The van der Waals surface area contributed by atoms with E-state index in [1.807, 2.05) is 24.3 Å². The summed E-state index contributed by atoms with van der Waals surface area (Å²) in [5.41, 5.74) is 0.800. The number of rotatable bonds is 4. The van der Waals surface area contributed by atoms with Gasteiger partial charge in [0.15, 0.2) is 0 Å². The summed E-state index contributed by atoms with van der Waals surface area (Å²) < 4.78 is 5.58. The van der Waals surface area contributed by atoms with Gasteiger partial charge >= 0.3 is 0 Å². The van der Waals surface area contributed by atoms with Crippen LogP contribution < -0.4 is 15.0 Å². The Morgan fingerprint density at radius 2 is 2.00 bits per heavy atom. The second-order valence-electron chi connectivity index (χ2n) is 7.30. The number of benzene rings is 1. The standard InChI is InChI=1S/C20H28N2O3/c1-14-6-5-7-16(15(14)2)21-19(23)10-11-20(24)22-12-13-25-18-9-4-3-8-17(18)22/h3-4,8-9,14-16H,5-7,10-13H2,1-2H3,(H,21,23). The van der Waals surface area contributed by atoms with Gasteiger partial charge in [-0.3, -0.25) is 9.59 Å². The fraction of sp³-hybridized carbons (Fsp3) is 0.600. The first kappa shape index (κ1) is 17.8. The van der Waals surface area contributed by atoms with E-state index < -0.39 is 0 Å². The number of anilines is 1. The summed E-state index contributed by atoms with van der Waals surface area (Å²) in [7, 11) is 0. The molecule has 2 amide bonds. The molecule has 1 N–H and O–H groups in total. The number of hydrogen-bond acceptors (Lipinski definition) is 3. The summed E-state index contributed by atoms with van der Waals surface area (Å²) in [6.45, 7) is 5.49. The zero-order valence-corrected chi connectivity index (χ0v) is 15.2. The molecule has 1 fully saturated rings. The van der Waals surface area contributed by atoms with Crippen LogP contribution in [0.25, 0.3) is 0 Å². The number of carbonyl (C=O) groups is 2. The predicted octanol–water partition coefficient (Wildman–Crippen LogP) is 3.13. The van der Waals surface area contributed by atoms with Gasteiger partial charge in [0.2, 0.25) is 11.8 Å². The fourth-order valence-electron chi connectivity index (χ4n) is 3.85. The van der Waals surface area contributed by atoms with Crippen molar-refractivity contribution < 1.29 is 14.3 Å². The van der Waals surface area contributed by atoms with Crippen molar-refractivity contribution in [2.45, 2.75) is 52.0 Å². The molecule has 136 valence electrons. The predicted molar refractivity (Wildman–Crippen MR) is 97.6 cm³/mol. The highest BCUT2D eigenvalue weighted by molar-refractivity contribution is 5.97. The maximum absolute atomic E-state index is 12.6. The molecule has 0 radical (unpaired) electrons. The van der Waals surface area contributed by atoms with Crippen molar-refractivity contribution in [2.24, 2.45) is 11.8 Å². The molecule has 1 aromatic carbocycles. The van der Waals surface area contributed by atoms with E-state index in [4.69, 9.17) is 4.74 Å². The maximum Gasteiger partial charge on any atom is 0.227 e. The van der Waals surface area contributed by atoms with Crippen LogP contribution in [0.1, 0.15) is 46.0 Å². The van der Waals surface area contributed by atoms with E-state index in [0.29, 0.717) is 25.0 Å². The summed E-state index contributed by atoms with van der Waals surface area (Å²) in [5.74, 6) is 1.85. The van der Waals surface area contributed by atoms with Crippen LogP contribution in [-0.4, -0.2) is 31.0 Å². The maximum atomic E-state index is 12.6. The smallest absolute Gasteiger partial charge is 0.227 e. The van der Waals surface area contributed by atoms with E-state index in [0.717, 1.165) is 17.9 Å². The molecule has 5 nitrogen and oxygen atoms in total. The second-order valence-corrected chi connectivity index (χ2v) is 7.30. The van der Waals surface area contributed by atoms with E-state index in [1.165, 1.54) is 12.8 Å². The van der Waals surface area contributed by atoms with E-state index in [2.05, 4.69) is 19.2 Å². The number of nitrogens with zero attached hydrogens (tertiary/aromatic N) is 1. The van der Waals surface area contributed by atoms with Crippen molar-refractivity contribution in [3.8, 4) is 5.75 Å². The Kier molecular flexibility index (Phi) is 5.61. The minimum Gasteiger partial charge on any atom is -0.490 e. The Labute approximate surface area is 149 Å². The van der Waals surface area contributed by atoms with Crippen LogP contribution in [0.4, 0.5) is 5.69 Å². The molecule has 0 saturated heterocycles. The van der Waals surface area contributed by atoms with Crippen molar-refractivity contribution in [3.05, 3.63) is 24.3 Å². The Bertz CT molecular complexity index is 631. The Hall–Kier alpha value is -2.04. The van der Waals surface area contributed by atoms with Gasteiger partial charge in [-0.25, -0.2) is 0 Å². The molecule has 1 aromatic rings. The quantitative estimate of drug-likeness (QED) is 0.913. The molecule has 1 saturated carbocycles. The van der Waals surface area contributed by atoms with Gasteiger partial charge in [-0.05, 0) is 30.4 Å². The van der Waals surface area contributed by atoms with E-state index >= 15 is 0 Å². The Morgan fingerprint density at radius 1 is 1.20 bits per heavy atom. The van der Waals surface area contributed by atoms with Gasteiger partial charge in [-0.2, -0.15) is 0 Å². The van der Waals surface area contributed by atoms with Gasteiger partial charge in [0.25, 0.3) is 0 Å². The summed E-state index contributed by atoms with van der Waals surface area (Å²) >= 11 is 0. The first-order chi connectivity index (χ1) is 12.1. The molecule has 3 unspecified atom stereocenters. The first-order valence-electron chi connectivity index (χ1n) is 9.38. The van der Waals surface area contributed by atoms with Gasteiger partial charge in [0.05, 0.1) is 12.2 Å². The van der Waals surface area contributed by atoms with Crippen LogP contribution in [0.2, 0.25) is 0 Å². The topological polar surface area (TPSA) is 58.6 Å². The molecule has 0 bridgehead atoms. The number of nitrogens with one attached hydrogen (secondary N) is 1. The zero-order valence-electron chi connectivity index (χ0n) is 15.2. The van der Waals surface area contributed by atoms with Crippen molar-refractivity contribution in [1.29, 1.82) is 0 Å². The lowest BCUT2D eigenvalue weighted by molar-refractivity contribution is -0.126. The van der Waals surface area contributed by atoms with Crippen LogP contribution in [0.3, 0.4) is 0 Å². The molecule has 1 aliphatic carbocycles. The van der Waals surface area contributed by atoms with Crippen molar-refractivity contribution in [1.82, 2.24) is 5.32 Å². The summed E-state index contributed by atoms with van der Waals surface area (Å²) in [4.78, 5) is 26.6. The van der Waals surface area contributed by atoms with E-state index in [-0.39, 0.29) is 30.7 Å². The molecule has 3 rings (SSSR count). The normalized spacial score (nSPS) is 25.7. The highest BCUT2D eigenvalue weighted by Crippen LogP contribution is 2.32. The van der Waals surface area contributed by atoms with Crippen molar-refractivity contribution in [3.63, 3.8) is 0 Å². The summed E-state index contributed by atoms with van der Waals surface area (Å²) in [5, 5.41) is 3.14. The molecule has 2 aliphatic rings. The van der Waals surface area contributed by atoms with Gasteiger partial charge < -0.3 is 15.0 Å². The number of para-hydroxylation sites is 2. The number of fused-ring (bicyclic) bond motifs is 1. The molecule has 0 spiro atoms. The van der Waals surface area contributed by atoms with Gasteiger partial charge in [0, 0.05) is 18.9 Å². The third-order valence-corrected chi connectivity index (χ3v) is 5.65. The third-order valence-electron chi connectivity index (χ3n) is 5.65. The summed E-state index contributed by atoms with van der Waals surface area (Å²) in [6, 6.07) is 7.79. The van der Waals surface area contributed by atoms with Crippen molar-refractivity contribution >= 4 is 17.5 Å². The van der Waals surface area contributed by atoms with Gasteiger partial charge in [-0.15, -0.1) is 0 Å². The molecule has 1 heterocycles. The molecular formula is C20H28N2O3. The molecule has 0 aromatic heterocycles. The third kappa shape index (κ3) is 4.14. The van der Waals surface area contributed by atoms with E-state index in [9.17, 15) is 9.59 Å². The van der Waals surface area contributed by atoms with E-state index in [1.54, 1.807) is 4.90 Å². The van der Waals surface area contributed by atoms with Crippen LogP contribution in [0.15, 0.2) is 24.3 Å². The van der Waals surface area contributed by atoms with Crippen LogP contribution in [0, 0.1) is 11.8 Å². The monoisotopic (exact) mass is 344 g/mol. The van der Waals surface area contributed by atoms with Crippen molar-refractivity contribution in [2.75, 3.05) is 18.1 Å².